The number of amides is 2. The standard InChI is InChI=1S/C31H45FN2O6/c1-5-18(6-2)17-33-30(36)27-20-8-9-21(14-20)28(27)34-29(35)23-15-26(24(32)16-25(23)38-4)40-22-12-10-19(11-13-22)31(37)39-7-3/h15-16,18-22,27-28H,5-14,17H2,1-4H3,(H,33,36)(H,34,35). The second-order valence-corrected chi connectivity index (χ2v) is 11.6. The first-order valence-corrected chi connectivity index (χ1v) is 15.1. The van der Waals surface area contributed by atoms with Crippen molar-refractivity contribution in [3.05, 3.63) is 23.5 Å². The highest BCUT2D eigenvalue weighted by Gasteiger charge is 2.51. The average molecular weight is 561 g/mol. The van der Waals surface area contributed by atoms with Crippen molar-refractivity contribution in [2.24, 2.45) is 29.6 Å². The molecule has 2 amide bonds. The van der Waals surface area contributed by atoms with Gasteiger partial charge >= 0.3 is 5.97 Å². The van der Waals surface area contributed by atoms with Gasteiger partial charge in [-0.25, -0.2) is 4.39 Å². The van der Waals surface area contributed by atoms with Crippen molar-refractivity contribution in [3.8, 4) is 11.5 Å². The molecule has 0 heterocycles. The van der Waals surface area contributed by atoms with Gasteiger partial charge in [-0.1, -0.05) is 26.7 Å². The van der Waals surface area contributed by atoms with Crippen LogP contribution in [0, 0.1) is 35.4 Å². The van der Waals surface area contributed by atoms with Crippen LogP contribution in [0.3, 0.4) is 0 Å². The summed E-state index contributed by atoms with van der Waals surface area (Å²) in [5.74, 6) is -0.580. The second-order valence-electron chi connectivity index (χ2n) is 11.6. The maximum absolute atomic E-state index is 15.0. The zero-order valence-corrected chi connectivity index (χ0v) is 24.3. The van der Waals surface area contributed by atoms with Gasteiger partial charge in [-0.3, -0.25) is 14.4 Å². The molecule has 4 atom stereocenters. The lowest BCUT2D eigenvalue weighted by atomic mass is 9.83. The molecule has 3 saturated carbocycles. The van der Waals surface area contributed by atoms with Gasteiger partial charge in [0, 0.05) is 18.7 Å². The molecule has 40 heavy (non-hydrogen) atoms. The van der Waals surface area contributed by atoms with E-state index in [1.807, 2.05) is 0 Å². The third kappa shape index (κ3) is 6.72. The van der Waals surface area contributed by atoms with E-state index < -0.39 is 11.7 Å². The number of hydrogen-bond acceptors (Lipinski definition) is 6. The van der Waals surface area contributed by atoms with Gasteiger partial charge in [0.05, 0.1) is 37.2 Å². The Morgan fingerprint density at radius 3 is 2.33 bits per heavy atom. The molecule has 222 valence electrons. The monoisotopic (exact) mass is 560 g/mol. The molecule has 4 rings (SSSR count). The smallest absolute Gasteiger partial charge is 0.308 e. The molecule has 4 unspecified atom stereocenters. The van der Waals surface area contributed by atoms with E-state index >= 15 is 0 Å². The molecule has 8 nitrogen and oxygen atoms in total. The summed E-state index contributed by atoms with van der Waals surface area (Å²) in [4.78, 5) is 38.9. The first-order valence-electron chi connectivity index (χ1n) is 15.1. The number of nitrogens with one attached hydrogen (secondary N) is 2. The molecule has 9 heteroatoms. The lowest BCUT2D eigenvalue weighted by molar-refractivity contribution is -0.149. The average Bonchev–Trinajstić information content (AvgIpc) is 3.57. The highest BCUT2D eigenvalue weighted by molar-refractivity contribution is 5.98. The lowest BCUT2D eigenvalue weighted by Crippen LogP contribution is -2.50. The van der Waals surface area contributed by atoms with Crippen LogP contribution >= 0.6 is 0 Å². The quantitative estimate of drug-likeness (QED) is 0.348. The van der Waals surface area contributed by atoms with Crippen LogP contribution in [0.4, 0.5) is 4.39 Å². The number of carbonyl (C=O) groups is 3. The number of ether oxygens (including phenoxy) is 3. The van der Waals surface area contributed by atoms with E-state index in [1.54, 1.807) is 6.92 Å². The number of halogens is 1. The number of esters is 1. The molecular formula is C31H45FN2O6. The third-order valence-electron chi connectivity index (χ3n) is 9.32. The fourth-order valence-electron chi connectivity index (χ4n) is 6.87. The predicted molar refractivity (Wildman–Crippen MR) is 149 cm³/mol. The first-order chi connectivity index (χ1) is 19.3. The summed E-state index contributed by atoms with van der Waals surface area (Å²) < 4.78 is 31.5. The summed E-state index contributed by atoms with van der Waals surface area (Å²) in [5.41, 5.74) is 0.179. The number of hydrogen-bond donors (Lipinski definition) is 2. The molecule has 1 aromatic rings. The maximum Gasteiger partial charge on any atom is 0.308 e. The van der Waals surface area contributed by atoms with Crippen molar-refractivity contribution in [3.63, 3.8) is 0 Å². The number of rotatable bonds is 12. The van der Waals surface area contributed by atoms with Crippen LogP contribution in [0.2, 0.25) is 0 Å². The molecule has 3 fully saturated rings. The molecule has 1 aromatic carbocycles. The number of fused-ring (bicyclic) bond motifs is 2. The molecule has 0 aromatic heterocycles. The maximum atomic E-state index is 15.0. The van der Waals surface area contributed by atoms with Crippen LogP contribution in [-0.2, 0) is 14.3 Å². The van der Waals surface area contributed by atoms with Crippen molar-refractivity contribution < 1.29 is 33.0 Å². The number of benzene rings is 1. The van der Waals surface area contributed by atoms with Gasteiger partial charge in [-0.2, -0.15) is 0 Å². The Labute approximate surface area is 237 Å². The second kappa shape index (κ2) is 13.7. The fourth-order valence-corrected chi connectivity index (χ4v) is 6.87. The summed E-state index contributed by atoms with van der Waals surface area (Å²) in [6.45, 7) is 7.04. The molecule has 0 aliphatic heterocycles. The van der Waals surface area contributed by atoms with Gasteiger partial charge in [-0.15, -0.1) is 0 Å². The zero-order valence-electron chi connectivity index (χ0n) is 24.3. The van der Waals surface area contributed by atoms with Gasteiger partial charge in [0.1, 0.15) is 5.75 Å². The van der Waals surface area contributed by atoms with Crippen LogP contribution in [0.1, 0.15) is 88.9 Å². The minimum absolute atomic E-state index is 0.0120. The van der Waals surface area contributed by atoms with Gasteiger partial charge in [-0.05, 0) is 75.7 Å². The Balaban J connectivity index is 1.44. The van der Waals surface area contributed by atoms with Gasteiger partial charge in [0.15, 0.2) is 11.6 Å². The van der Waals surface area contributed by atoms with Crippen molar-refractivity contribution in [1.29, 1.82) is 0 Å². The SMILES string of the molecule is CCOC(=O)C1CCC(Oc2cc(C(=O)NC3C4CCC(C4)C3C(=O)NCC(CC)CC)c(OC)cc2F)CC1. The Kier molecular flexibility index (Phi) is 10.3. The van der Waals surface area contributed by atoms with E-state index in [0.29, 0.717) is 44.8 Å². The number of carbonyl (C=O) groups excluding carboxylic acids is 3. The van der Waals surface area contributed by atoms with E-state index in [9.17, 15) is 18.8 Å². The van der Waals surface area contributed by atoms with Gasteiger partial charge in [0.2, 0.25) is 5.91 Å². The summed E-state index contributed by atoms with van der Waals surface area (Å²) in [7, 11) is 1.40. The fraction of sp³-hybridized carbons (Fsp3) is 0.710. The first kappa shape index (κ1) is 30.1. The minimum Gasteiger partial charge on any atom is -0.496 e. The van der Waals surface area contributed by atoms with Gasteiger partial charge < -0.3 is 24.8 Å². The van der Waals surface area contributed by atoms with E-state index in [2.05, 4.69) is 24.5 Å². The van der Waals surface area contributed by atoms with E-state index in [1.165, 1.54) is 19.2 Å². The highest BCUT2D eigenvalue weighted by Crippen LogP contribution is 2.49. The van der Waals surface area contributed by atoms with E-state index in [-0.39, 0.29) is 64.8 Å². The Morgan fingerprint density at radius 1 is 0.975 bits per heavy atom. The molecular weight excluding hydrogens is 515 g/mol. The van der Waals surface area contributed by atoms with Gasteiger partial charge in [0.25, 0.3) is 5.91 Å². The largest absolute Gasteiger partial charge is 0.496 e. The van der Waals surface area contributed by atoms with Crippen LogP contribution in [0.5, 0.6) is 11.5 Å². The molecule has 2 N–H and O–H groups in total. The molecule has 3 aliphatic rings. The highest BCUT2D eigenvalue weighted by atomic mass is 19.1. The van der Waals surface area contributed by atoms with E-state index in [0.717, 1.165) is 32.1 Å². The minimum atomic E-state index is -0.612. The lowest BCUT2D eigenvalue weighted by Gasteiger charge is -2.31. The summed E-state index contributed by atoms with van der Waals surface area (Å²) in [6, 6.07) is 2.30. The summed E-state index contributed by atoms with van der Waals surface area (Å²) >= 11 is 0. The van der Waals surface area contributed by atoms with Crippen molar-refractivity contribution in [2.75, 3.05) is 20.3 Å². The summed E-state index contributed by atoms with van der Waals surface area (Å²) in [6.07, 6.45) is 7.07. The van der Waals surface area contributed by atoms with Crippen molar-refractivity contribution in [2.45, 2.75) is 90.7 Å². The Hall–Kier alpha value is -2.84. The predicted octanol–water partition coefficient (Wildman–Crippen LogP) is 5.03. The van der Waals surface area contributed by atoms with Crippen LogP contribution in [0.25, 0.3) is 0 Å². The third-order valence-corrected chi connectivity index (χ3v) is 9.32. The molecule has 3 aliphatic carbocycles. The molecule has 2 bridgehead atoms. The van der Waals surface area contributed by atoms with Crippen molar-refractivity contribution >= 4 is 17.8 Å². The van der Waals surface area contributed by atoms with Crippen LogP contribution in [0.15, 0.2) is 12.1 Å². The molecule has 0 spiro atoms. The number of methoxy groups -OCH3 is 1. The topological polar surface area (TPSA) is 103 Å². The Bertz CT molecular complexity index is 1050. The van der Waals surface area contributed by atoms with E-state index in [4.69, 9.17) is 14.2 Å². The normalized spacial score (nSPS) is 27.4. The zero-order chi connectivity index (χ0) is 28.8. The molecule has 0 radical (unpaired) electrons. The molecule has 0 saturated heterocycles. The Morgan fingerprint density at radius 2 is 1.68 bits per heavy atom. The van der Waals surface area contributed by atoms with Crippen molar-refractivity contribution in [1.82, 2.24) is 10.6 Å². The van der Waals surface area contributed by atoms with Crippen LogP contribution < -0.4 is 20.1 Å². The summed E-state index contributed by atoms with van der Waals surface area (Å²) in [5, 5.41) is 6.26. The van der Waals surface area contributed by atoms with Crippen LogP contribution in [-0.4, -0.2) is 50.2 Å².